The van der Waals surface area contributed by atoms with E-state index in [1.165, 1.54) is 30.1 Å². The van der Waals surface area contributed by atoms with Crippen LogP contribution in [0.1, 0.15) is 41.9 Å². The molecule has 0 unspecified atom stereocenters. The molecule has 9 heteroatoms. The number of hydrazone groups is 1. The Labute approximate surface area is 197 Å². The number of amides is 1. The molecule has 1 heterocycles. The van der Waals surface area contributed by atoms with Gasteiger partial charge in [0.1, 0.15) is 11.0 Å². The highest BCUT2D eigenvalue weighted by molar-refractivity contribution is 6.32. The lowest BCUT2D eigenvalue weighted by atomic mass is 10.1. The van der Waals surface area contributed by atoms with Crippen molar-refractivity contribution < 1.29 is 18.7 Å². The SMILES string of the molecule is COc1cc(C(=O)N/N=C/c2c(C)nn(-c3ccc(F)cc3)c2Cl)ccc1OCCC(C)C. The van der Waals surface area contributed by atoms with E-state index in [9.17, 15) is 9.18 Å². The second kappa shape index (κ2) is 11.0. The van der Waals surface area contributed by atoms with Crippen molar-refractivity contribution in [3.63, 3.8) is 0 Å². The van der Waals surface area contributed by atoms with E-state index in [2.05, 4.69) is 29.5 Å². The molecule has 2 aromatic carbocycles. The van der Waals surface area contributed by atoms with Gasteiger partial charge in [0.25, 0.3) is 5.91 Å². The first-order chi connectivity index (χ1) is 15.8. The van der Waals surface area contributed by atoms with Gasteiger partial charge in [0.05, 0.1) is 36.9 Å². The molecule has 0 saturated heterocycles. The molecular formula is C24H26ClFN4O3. The number of hydrogen-bond donors (Lipinski definition) is 1. The van der Waals surface area contributed by atoms with Crippen LogP contribution in [0.25, 0.3) is 5.69 Å². The monoisotopic (exact) mass is 472 g/mol. The molecule has 0 aliphatic carbocycles. The minimum Gasteiger partial charge on any atom is -0.493 e. The van der Waals surface area contributed by atoms with E-state index < -0.39 is 5.91 Å². The Morgan fingerprint density at radius 3 is 2.64 bits per heavy atom. The van der Waals surface area contributed by atoms with Crippen LogP contribution >= 0.6 is 11.6 Å². The first kappa shape index (κ1) is 24.3. The van der Waals surface area contributed by atoms with Gasteiger partial charge in [-0.05, 0) is 61.7 Å². The van der Waals surface area contributed by atoms with Gasteiger partial charge >= 0.3 is 0 Å². The van der Waals surface area contributed by atoms with Crippen molar-refractivity contribution in [2.75, 3.05) is 13.7 Å². The molecule has 1 aromatic heterocycles. The van der Waals surface area contributed by atoms with Gasteiger partial charge in [-0.1, -0.05) is 25.4 Å². The second-order valence-electron chi connectivity index (χ2n) is 7.77. The Bertz CT molecular complexity index is 1140. The van der Waals surface area contributed by atoms with E-state index >= 15 is 0 Å². The number of carbonyl (C=O) groups is 1. The fraction of sp³-hybridized carbons (Fsp3) is 0.292. The van der Waals surface area contributed by atoms with Crippen molar-refractivity contribution in [1.82, 2.24) is 15.2 Å². The summed E-state index contributed by atoms with van der Waals surface area (Å²) in [5.74, 6) is 0.801. The zero-order chi connectivity index (χ0) is 24.0. The van der Waals surface area contributed by atoms with E-state index in [1.54, 1.807) is 37.3 Å². The van der Waals surface area contributed by atoms with Crippen LogP contribution in [0.4, 0.5) is 4.39 Å². The number of aryl methyl sites for hydroxylation is 1. The van der Waals surface area contributed by atoms with Crippen molar-refractivity contribution in [2.24, 2.45) is 11.0 Å². The Morgan fingerprint density at radius 2 is 1.97 bits per heavy atom. The van der Waals surface area contributed by atoms with Crippen LogP contribution in [-0.4, -0.2) is 35.6 Å². The third-order valence-electron chi connectivity index (χ3n) is 4.86. The van der Waals surface area contributed by atoms with Gasteiger partial charge in [0.2, 0.25) is 0 Å². The third kappa shape index (κ3) is 6.10. The number of aromatic nitrogens is 2. The van der Waals surface area contributed by atoms with Gasteiger partial charge < -0.3 is 9.47 Å². The topological polar surface area (TPSA) is 77.7 Å². The van der Waals surface area contributed by atoms with Gasteiger partial charge in [-0.15, -0.1) is 0 Å². The quantitative estimate of drug-likeness (QED) is 0.344. The Kier molecular flexibility index (Phi) is 8.06. The molecule has 0 spiro atoms. The molecule has 1 amide bonds. The molecule has 7 nitrogen and oxygen atoms in total. The Morgan fingerprint density at radius 1 is 1.24 bits per heavy atom. The molecule has 0 bridgehead atoms. The zero-order valence-corrected chi connectivity index (χ0v) is 19.7. The van der Waals surface area contributed by atoms with Crippen LogP contribution in [0, 0.1) is 18.7 Å². The average molecular weight is 473 g/mol. The predicted molar refractivity (Wildman–Crippen MR) is 126 cm³/mol. The van der Waals surface area contributed by atoms with Gasteiger partial charge in [-0.25, -0.2) is 14.5 Å². The second-order valence-corrected chi connectivity index (χ2v) is 8.13. The Hall–Kier alpha value is -3.39. The van der Waals surface area contributed by atoms with E-state index in [0.29, 0.717) is 51.7 Å². The number of carbonyl (C=O) groups excluding carboxylic acids is 1. The molecule has 33 heavy (non-hydrogen) atoms. The van der Waals surface area contributed by atoms with Crippen LogP contribution in [0.5, 0.6) is 11.5 Å². The summed E-state index contributed by atoms with van der Waals surface area (Å²) in [6.45, 7) is 6.57. The number of benzene rings is 2. The summed E-state index contributed by atoms with van der Waals surface area (Å²) in [4.78, 5) is 12.5. The normalized spacial score (nSPS) is 11.2. The summed E-state index contributed by atoms with van der Waals surface area (Å²) in [6, 6.07) is 10.7. The summed E-state index contributed by atoms with van der Waals surface area (Å²) in [5.41, 5.74) is 4.59. The molecule has 0 fully saturated rings. The molecule has 0 atom stereocenters. The minimum atomic E-state index is -0.419. The molecular weight excluding hydrogens is 447 g/mol. The average Bonchev–Trinajstić information content (AvgIpc) is 3.07. The van der Waals surface area contributed by atoms with Crippen LogP contribution < -0.4 is 14.9 Å². The smallest absolute Gasteiger partial charge is 0.271 e. The first-order valence-electron chi connectivity index (χ1n) is 10.5. The summed E-state index contributed by atoms with van der Waals surface area (Å²) >= 11 is 6.43. The van der Waals surface area contributed by atoms with E-state index in [0.717, 1.165) is 6.42 Å². The number of rotatable bonds is 9. The molecule has 0 aliphatic rings. The van der Waals surface area contributed by atoms with Crippen molar-refractivity contribution in [3.8, 4) is 17.2 Å². The molecule has 174 valence electrons. The zero-order valence-electron chi connectivity index (χ0n) is 18.9. The fourth-order valence-corrected chi connectivity index (χ4v) is 3.28. The maximum Gasteiger partial charge on any atom is 0.271 e. The summed E-state index contributed by atoms with van der Waals surface area (Å²) in [6.07, 6.45) is 2.34. The standard InChI is InChI=1S/C24H26ClFN4O3/c1-15(2)11-12-33-21-10-5-17(13-22(21)32-4)24(31)28-27-14-20-16(3)29-30(23(20)25)19-8-6-18(26)7-9-19/h5-10,13-15H,11-12H2,1-4H3,(H,28,31)/b27-14+. The van der Waals surface area contributed by atoms with Crippen molar-refractivity contribution in [2.45, 2.75) is 27.2 Å². The number of hydrogen-bond acceptors (Lipinski definition) is 5. The van der Waals surface area contributed by atoms with Gasteiger partial charge in [0.15, 0.2) is 11.5 Å². The maximum atomic E-state index is 13.2. The Balaban J connectivity index is 1.69. The molecule has 0 radical (unpaired) electrons. The minimum absolute atomic E-state index is 0.293. The number of methoxy groups -OCH3 is 1. The molecule has 1 N–H and O–H groups in total. The highest BCUT2D eigenvalue weighted by atomic mass is 35.5. The van der Waals surface area contributed by atoms with Crippen LogP contribution in [0.15, 0.2) is 47.6 Å². The van der Waals surface area contributed by atoms with Gasteiger partial charge in [-0.3, -0.25) is 4.79 Å². The number of halogens is 2. The highest BCUT2D eigenvalue weighted by Gasteiger charge is 2.14. The molecule has 0 saturated carbocycles. The number of nitrogens with one attached hydrogen (secondary N) is 1. The molecule has 3 aromatic rings. The molecule has 0 aliphatic heterocycles. The van der Waals surface area contributed by atoms with Crippen molar-refractivity contribution >= 4 is 23.7 Å². The van der Waals surface area contributed by atoms with Gasteiger partial charge in [-0.2, -0.15) is 10.2 Å². The van der Waals surface area contributed by atoms with Crippen LogP contribution in [0.3, 0.4) is 0 Å². The first-order valence-corrected chi connectivity index (χ1v) is 10.8. The van der Waals surface area contributed by atoms with Crippen LogP contribution in [-0.2, 0) is 0 Å². The predicted octanol–water partition coefficient (Wildman–Crippen LogP) is 5.17. The number of nitrogens with zero attached hydrogens (tertiary/aromatic N) is 3. The van der Waals surface area contributed by atoms with Crippen molar-refractivity contribution in [1.29, 1.82) is 0 Å². The maximum absolute atomic E-state index is 13.2. The third-order valence-corrected chi connectivity index (χ3v) is 5.22. The lowest BCUT2D eigenvalue weighted by molar-refractivity contribution is 0.0954. The highest BCUT2D eigenvalue weighted by Crippen LogP contribution is 2.28. The van der Waals surface area contributed by atoms with E-state index in [4.69, 9.17) is 21.1 Å². The summed E-state index contributed by atoms with van der Waals surface area (Å²) < 4.78 is 25.8. The van der Waals surface area contributed by atoms with E-state index in [-0.39, 0.29) is 5.82 Å². The molecule has 3 rings (SSSR count). The van der Waals surface area contributed by atoms with E-state index in [1.807, 2.05) is 0 Å². The lowest BCUT2D eigenvalue weighted by Crippen LogP contribution is -2.17. The largest absolute Gasteiger partial charge is 0.493 e. The van der Waals surface area contributed by atoms with Crippen LogP contribution in [0.2, 0.25) is 5.15 Å². The lowest BCUT2D eigenvalue weighted by Gasteiger charge is -2.12. The number of ether oxygens (including phenoxy) is 2. The summed E-state index contributed by atoms with van der Waals surface area (Å²) in [7, 11) is 1.52. The van der Waals surface area contributed by atoms with Gasteiger partial charge in [0, 0.05) is 5.56 Å². The van der Waals surface area contributed by atoms with Crippen molar-refractivity contribution in [3.05, 3.63) is 70.3 Å². The summed E-state index contributed by atoms with van der Waals surface area (Å²) in [5, 5.41) is 8.67. The fourth-order valence-electron chi connectivity index (χ4n) is 2.96.